The van der Waals surface area contributed by atoms with Crippen molar-refractivity contribution < 1.29 is 14.6 Å². The Labute approximate surface area is 215 Å². The Morgan fingerprint density at radius 3 is 2.72 bits per heavy atom. The van der Waals surface area contributed by atoms with Gasteiger partial charge < -0.3 is 24.6 Å². The molecule has 9 nitrogen and oxygen atoms in total. The van der Waals surface area contributed by atoms with Gasteiger partial charge in [0.2, 0.25) is 5.95 Å². The van der Waals surface area contributed by atoms with Crippen LogP contribution in [0.4, 0.5) is 5.95 Å². The van der Waals surface area contributed by atoms with Crippen molar-refractivity contribution in [2.24, 2.45) is 18.9 Å². The van der Waals surface area contributed by atoms with Gasteiger partial charge in [-0.05, 0) is 42.0 Å². The third-order valence-electron chi connectivity index (χ3n) is 6.38. The predicted molar refractivity (Wildman–Crippen MR) is 140 cm³/mol. The van der Waals surface area contributed by atoms with E-state index in [1.54, 1.807) is 19.3 Å². The summed E-state index contributed by atoms with van der Waals surface area (Å²) in [5.41, 5.74) is 2.12. The van der Waals surface area contributed by atoms with Crippen molar-refractivity contribution in [3.63, 3.8) is 0 Å². The number of amides is 1. The van der Waals surface area contributed by atoms with Crippen LogP contribution >= 0.6 is 11.6 Å². The summed E-state index contributed by atoms with van der Waals surface area (Å²) in [7, 11) is 1.66. The van der Waals surface area contributed by atoms with Gasteiger partial charge in [-0.15, -0.1) is 0 Å². The molecule has 4 rings (SSSR count). The van der Waals surface area contributed by atoms with E-state index in [1.807, 2.05) is 18.2 Å². The summed E-state index contributed by atoms with van der Waals surface area (Å²) < 4.78 is 6.98. The number of carbonyl (C=O) groups is 1. The van der Waals surface area contributed by atoms with Crippen molar-refractivity contribution in [2.75, 3.05) is 37.7 Å². The Morgan fingerprint density at radius 2 is 2.00 bits per heavy atom. The number of aryl methyl sites for hydroxylation is 1. The molecule has 2 N–H and O–H groups in total. The molecule has 3 aromatic rings. The molecule has 0 unspecified atom stereocenters. The van der Waals surface area contributed by atoms with Crippen LogP contribution in [0.15, 0.2) is 35.3 Å². The van der Waals surface area contributed by atoms with Gasteiger partial charge in [0.15, 0.2) is 12.4 Å². The van der Waals surface area contributed by atoms with Gasteiger partial charge in [0.1, 0.15) is 0 Å². The summed E-state index contributed by atoms with van der Waals surface area (Å²) in [5, 5.41) is 12.6. The topological polar surface area (TPSA) is 110 Å². The summed E-state index contributed by atoms with van der Waals surface area (Å²) in [6.45, 7) is 6.01. The van der Waals surface area contributed by atoms with Gasteiger partial charge in [-0.3, -0.25) is 9.59 Å². The standard InChI is InChI=1S/C26H32ClN5O4/c1-16-8-17(2)14-32(13-16)26-29-12-20(27)21(30-26)10-18-4-5-22-19(9-18)11-23(25(35)31(22)3)36-15-24(34)28-6-7-33/h4-5,9,11-12,16-17,33H,6-8,10,13-15H2,1-3H3,(H,28,34)/t16-,17+. The molecule has 2 aromatic heterocycles. The van der Waals surface area contributed by atoms with Crippen molar-refractivity contribution in [2.45, 2.75) is 26.7 Å². The van der Waals surface area contributed by atoms with Gasteiger partial charge in [0.05, 0.1) is 29.0 Å². The van der Waals surface area contributed by atoms with Crippen LogP contribution < -0.4 is 20.5 Å². The third-order valence-corrected chi connectivity index (χ3v) is 6.69. The monoisotopic (exact) mass is 513 g/mol. The second-order valence-corrected chi connectivity index (χ2v) is 10.0. The van der Waals surface area contributed by atoms with Crippen molar-refractivity contribution in [1.82, 2.24) is 19.9 Å². The van der Waals surface area contributed by atoms with Gasteiger partial charge >= 0.3 is 0 Å². The lowest BCUT2D eigenvalue weighted by Gasteiger charge is -2.35. The summed E-state index contributed by atoms with van der Waals surface area (Å²) in [6, 6.07) is 7.45. The molecule has 0 bridgehead atoms. The first-order chi connectivity index (χ1) is 17.2. The number of aromatic nitrogens is 3. The fourth-order valence-corrected chi connectivity index (χ4v) is 4.95. The summed E-state index contributed by atoms with van der Waals surface area (Å²) in [4.78, 5) is 36.0. The molecule has 1 amide bonds. The van der Waals surface area contributed by atoms with Crippen LogP contribution in [0.2, 0.25) is 5.02 Å². The van der Waals surface area contributed by atoms with Crippen molar-refractivity contribution in [3.05, 3.63) is 57.1 Å². The van der Waals surface area contributed by atoms with Gasteiger partial charge in [-0.25, -0.2) is 9.97 Å². The highest BCUT2D eigenvalue weighted by molar-refractivity contribution is 6.31. The lowest BCUT2D eigenvalue weighted by Crippen LogP contribution is -2.39. The number of hydrogen-bond donors (Lipinski definition) is 2. The number of nitrogens with one attached hydrogen (secondary N) is 1. The van der Waals surface area contributed by atoms with Crippen LogP contribution in [0.1, 0.15) is 31.5 Å². The molecule has 192 valence electrons. The fourth-order valence-electron chi connectivity index (χ4n) is 4.79. The molecule has 1 fully saturated rings. The molecule has 0 saturated carbocycles. The minimum absolute atomic E-state index is 0.0805. The number of ether oxygens (including phenoxy) is 1. The highest BCUT2D eigenvalue weighted by atomic mass is 35.5. The Kier molecular flexibility index (Phi) is 8.11. The van der Waals surface area contributed by atoms with Gasteiger partial charge in [-0.1, -0.05) is 31.5 Å². The lowest BCUT2D eigenvalue weighted by atomic mass is 9.92. The van der Waals surface area contributed by atoms with E-state index in [4.69, 9.17) is 26.4 Å². The molecule has 1 aliphatic rings. The second-order valence-electron chi connectivity index (χ2n) is 9.62. The van der Waals surface area contributed by atoms with E-state index in [0.717, 1.165) is 35.2 Å². The van der Waals surface area contributed by atoms with Gasteiger partial charge in [0.25, 0.3) is 11.5 Å². The number of piperidine rings is 1. The van der Waals surface area contributed by atoms with E-state index < -0.39 is 5.91 Å². The largest absolute Gasteiger partial charge is 0.478 e. The molecule has 0 spiro atoms. The maximum absolute atomic E-state index is 12.7. The first kappa shape index (κ1) is 25.9. The van der Waals surface area contributed by atoms with E-state index in [2.05, 4.69) is 29.0 Å². The number of fused-ring (bicyclic) bond motifs is 1. The normalized spacial score (nSPS) is 17.9. The first-order valence-electron chi connectivity index (χ1n) is 12.1. The van der Waals surface area contributed by atoms with E-state index >= 15 is 0 Å². The first-order valence-corrected chi connectivity index (χ1v) is 12.5. The zero-order chi connectivity index (χ0) is 25.8. The predicted octanol–water partition coefficient (Wildman–Crippen LogP) is 2.54. The Balaban J connectivity index is 1.57. The van der Waals surface area contributed by atoms with E-state index in [-0.39, 0.29) is 31.1 Å². The summed E-state index contributed by atoms with van der Waals surface area (Å²) >= 11 is 6.48. The Hall–Kier alpha value is -3.17. The van der Waals surface area contributed by atoms with E-state index in [1.165, 1.54) is 11.0 Å². The number of hydrogen-bond acceptors (Lipinski definition) is 7. The van der Waals surface area contributed by atoms with E-state index in [0.29, 0.717) is 29.2 Å². The average Bonchev–Trinajstić information content (AvgIpc) is 2.84. The highest BCUT2D eigenvalue weighted by Gasteiger charge is 2.24. The highest BCUT2D eigenvalue weighted by Crippen LogP contribution is 2.27. The molecule has 1 aromatic carbocycles. The number of pyridine rings is 1. The molecule has 1 aliphatic heterocycles. The average molecular weight is 514 g/mol. The third kappa shape index (κ3) is 5.96. The van der Waals surface area contributed by atoms with Crippen molar-refractivity contribution >= 4 is 34.4 Å². The summed E-state index contributed by atoms with van der Waals surface area (Å²) in [6.07, 6.45) is 3.38. The van der Waals surface area contributed by atoms with Crippen molar-refractivity contribution in [3.8, 4) is 5.75 Å². The van der Waals surface area contributed by atoms with Gasteiger partial charge in [-0.2, -0.15) is 0 Å². The molecule has 0 radical (unpaired) electrons. The maximum atomic E-state index is 12.7. The van der Waals surface area contributed by atoms with Gasteiger partial charge in [0, 0.05) is 38.5 Å². The molecule has 3 heterocycles. The fraction of sp³-hybridized carbons (Fsp3) is 0.462. The van der Waals surface area contributed by atoms with Crippen LogP contribution in [0.3, 0.4) is 0 Å². The lowest BCUT2D eigenvalue weighted by molar-refractivity contribution is -0.123. The molecule has 1 saturated heterocycles. The number of anilines is 1. The second kappa shape index (κ2) is 11.3. The number of benzene rings is 1. The maximum Gasteiger partial charge on any atom is 0.293 e. The van der Waals surface area contributed by atoms with E-state index in [9.17, 15) is 9.59 Å². The van der Waals surface area contributed by atoms with Crippen LogP contribution in [-0.4, -0.2) is 58.4 Å². The number of carbonyl (C=O) groups excluding carboxylic acids is 1. The number of halogens is 1. The molecule has 2 atom stereocenters. The smallest absolute Gasteiger partial charge is 0.293 e. The quantitative estimate of drug-likeness (QED) is 0.476. The minimum Gasteiger partial charge on any atom is -0.478 e. The molecule has 10 heteroatoms. The summed E-state index contributed by atoms with van der Waals surface area (Å²) in [5.74, 6) is 1.54. The Morgan fingerprint density at radius 1 is 1.25 bits per heavy atom. The number of aliphatic hydroxyl groups excluding tert-OH is 1. The zero-order valence-corrected chi connectivity index (χ0v) is 21.6. The number of nitrogens with zero attached hydrogens (tertiary/aromatic N) is 4. The van der Waals surface area contributed by atoms with Crippen LogP contribution in [0.5, 0.6) is 5.75 Å². The van der Waals surface area contributed by atoms with Crippen LogP contribution in [0, 0.1) is 11.8 Å². The minimum atomic E-state index is -0.411. The number of rotatable bonds is 8. The Bertz CT molecular complexity index is 1300. The van der Waals surface area contributed by atoms with Crippen LogP contribution in [0.25, 0.3) is 10.9 Å². The molecular weight excluding hydrogens is 482 g/mol. The zero-order valence-electron chi connectivity index (χ0n) is 20.8. The molecular formula is C26H32ClN5O4. The van der Waals surface area contributed by atoms with Crippen molar-refractivity contribution in [1.29, 1.82) is 0 Å². The SMILES string of the molecule is C[C@@H]1C[C@H](C)CN(c2ncc(Cl)c(Cc3ccc4c(c3)cc(OCC(=O)NCCO)c(=O)n4C)n2)C1. The molecule has 0 aliphatic carbocycles. The molecule has 36 heavy (non-hydrogen) atoms. The number of aliphatic hydroxyl groups is 1. The van der Waals surface area contributed by atoms with Crippen LogP contribution in [-0.2, 0) is 18.3 Å².